The van der Waals surface area contributed by atoms with Crippen LogP contribution in [0, 0.1) is 0 Å². The van der Waals surface area contributed by atoms with Crippen LogP contribution < -0.4 is 0 Å². The molecule has 0 unspecified atom stereocenters. The maximum absolute atomic E-state index is 12.0. The van der Waals surface area contributed by atoms with E-state index in [9.17, 15) is 9.59 Å². The number of ketones is 1. The number of carbonyl (C=O) groups excluding carboxylic acids is 2. The largest absolute Gasteiger partial charge is 0.341 e. The van der Waals surface area contributed by atoms with E-state index in [4.69, 9.17) is 0 Å². The van der Waals surface area contributed by atoms with Crippen LogP contribution in [0.1, 0.15) is 51.0 Å². The molecule has 1 amide bonds. The van der Waals surface area contributed by atoms with Gasteiger partial charge in [-0.2, -0.15) is 0 Å². The highest BCUT2D eigenvalue weighted by Crippen LogP contribution is 2.09. The minimum Gasteiger partial charge on any atom is -0.341 e. The lowest BCUT2D eigenvalue weighted by Gasteiger charge is -2.17. The Morgan fingerprint density at radius 2 is 1.55 bits per heavy atom. The lowest BCUT2D eigenvalue weighted by Crippen LogP contribution is -2.25. The second-order valence-electron chi connectivity index (χ2n) is 5.35. The van der Waals surface area contributed by atoms with Gasteiger partial charge in [-0.05, 0) is 25.3 Å². The van der Waals surface area contributed by atoms with E-state index in [-0.39, 0.29) is 11.7 Å². The average molecular weight is 275 g/mol. The first kappa shape index (κ1) is 16.4. The van der Waals surface area contributed by atoms with Crippen molar-refractivity contribution >= 4 is 11.7 Å². The molecule has 0 saturated carbocycles. The molecule has 0 N–H and O–H groups in total. The van der Waals surface area contributed by atoms with E-state index >= 15 is 0 Å². The predicted molar refractivity (Wildman–Crippen MR) is 81.3 cm³/mol. The third-order valence-corrected chi connectivity index (χ3v) is 3.36. The molecule has 3 nitrogen and oxygen atoms in total. The second-order valence-corrected chi connectivity index (χ2v) is 5.35. The third kappa shape index (κ3) is 7.07. The highest BCUT2D eigenvalue weighted by Gasteiger charge is 2.08. The summed E-state index contributed by atoms with van der Waals surface area (Å²) >= 11 is 0. The maximum atomic E-state index is 12.0. The Kier molecular flexibility index (Phi) is 7.63. The number of hydrogen-bond acceptors (Lipinski definition) is 2. The van der Waals surface area contributed by atoms with Crippen molar-refractivity contribution in [2.24, 2.45) is 0 Å². The molecular formula is C17H25NO2. The molecule has 0 aliphatic rings. The van der Waals surface area contributed by atoms with E-state index in [1.807, 2.05) is 37.4 Å². The van der Waals surface area contributed by atoms with Gasteiger partial charge in [-0.25, -0.2) is 0 Å². The standard InChI is InChI=1S/C17H25NO2/c1-15(19)10-6-3-4-9-13-17(20)18(2)14-16-11-7-5-8-12-16/h5,7-8,11-12H,3-4,6,9-10,13-14H2,1-2H3. The molecule has 0 aliphatic carbocycles. The van der Waals surface area contributed by atoms with Gasteiger partial charge in [-0.3, -0.25) is 4.79 Å². The van der Waals surface area contributed by atoms with Crippen molar-refractivity contribution in [3.8, 4) is 0 Å². The Hall–Kier alpha value is -1.64. The van der Waals surface area contributed by atoms with Gasteiger partial charge in [-0.1, -0.05) is 43.2 Å². The zero-order valence-corrected chi connectivity index (χ0v) is 12.6. The fourth-order valence-corrected chi connectivity index (χ4v) is 2.14. The van der Waals surface area contributed by atoms with Crippen LogP contribution in [0.3, 0.4) is 0 Å². The van der Waals surface area contributed by atoms with Crippen molar-refractivity contribution in [2.75, 3.05) is 7.05 Å². The van der Waals surface area contributed by atoms with Gasteiger partial charge >= 0.3 is 0 Å². The molecule has 0 heterocycles. The molecule has 0 atom stereocenters. The molecule has 0 aromatic heterocycles. The minimum absolute atomic E-state index is 0.195. The lowest BCUT2D eigenvalue weighted by atomic mass is 10.1. The van der Waals surface area contributed by atoms with Crippen LogP contribution in [-0.2, 0) is 16.1 Å². The average Bonchev–Trinajstić information content (AvgIpc) is 2.43. The molecule has 1 rings (SSSR count). The minimum atomic E-state index is 0.195. The SMILES string of the molecule is CC(=O)CCCCCCC(=O)N(C)Cc1ccccc1. The summed E-state index contributed by atoms with van der Waals surface area (Å²) in [5.41, 5.74) is 1.16. The summed E-state index contributed by atoms with van der Waals surface area (Å²) in [5, 5.41) is 0. The van der Waals surface area contributed by atoms with E-state index in [1.165, 1.54) is 0 Å². The van der Waals surface area contributed by atoms with Crippen molar-refractivity contribution in [1.29, 1.82) is 0 Å². The van der Waals surface area contributed by atoms with Crippen LogP contribution in [0.15, 0.2) is 30.3 Å². The number of Topliss-reactive ketones (excluding diaryl/α,β-unsaturated/α-hetero) is 1. The number of nitrogens with zero attached hydrogens (tertiary/aromatic N) is 1. The van der Waals surface area contributed by atoms with Gasteiger partial charge in [-0.15, -0.1) is 0 Å². The Labute approximate surface area is 122 Å². The molecule has 3 heteroatoms. The summed E-state index contributed by atoms with van der Waals surface area (Å²) in [4.78, 5) is 24.5. The van der Waals surface area contributed by atoms with Gasteiger partial charge in [0, 0.05) is 26.4 Å². The molecule has 0 radical (unpaired) electrons. The van der Waals surface area contributed by atoms with Gasteiger partial charge in [0.1, 0.15) is 5.78 Å². The summed E-state index contributed by atoms with van der Waals surface area (Å²) in [7, 11) is 1.85. The summed E-state index contributed by atoms with van der Waals surface area (Å²) in [5.74, 6) is 0.448. The molecule has 0 spiro atoms. The Morgan fingerprint density at radius 3 is 2.15 bits per heavy atom. The van der Waals surface area contributed by atoms with E-state index in [1.54, 1.807) is 11.8 Å². The molecule has 0 aliphatic heterocycles. The lowest BCUT2D eigenvalue weighted by molar-refractivity contribution is -0.130. The second kappa shape index (κ2) is 9.29. The number of hydrogen-bond donors (Lipinski definition) is 0. The fourth-order valence-electron chi connectivity index (χ4n) is 2.14. The Balaban J connectivity index is 2.14. The van der Waals surface area contributed by atoms with Crippen molar-refractivity contribution in [2.45, 2.75) is 52.0 Å². The van der Waals surface area contributed by atoms with Crippen LogP contribution in [0.25, 0.3) is 0 Å². The van der Waals surface area contributed by atoms with Crippen molar-refractivity contribution in [1.82, 2.24) is 4.90 Å². The van der Waals surface area contributed by atoms with Crippen LogP contribution in [0.4, 0.5) is 0 Å². The van der Waals surface area contributed by atoms with E-state index in [0.29, 0.717) is 19.4 Å². The van der Waals surface area contributed by atoms with Gasteiger partial charge in [0.25, 0.3) is 0 Å². The maximum Gasteiger partial charge on any atom is 0.222 e. The third-order valence-electron chi connectivity index (χ3n) is 3.36. The number of carbonyl (C=O) groups is 2. The Bertz CT molecular complexity index is 414. The Morgan fingerprint density at radius 1 is 0.950 bits per heavy atom. The zero-order chi connectivity index (χ0) is 14.8. The highest BCUT2D eigenvalue weighted by molar-refractivity contribution is 5.76. The number of benzene rings is 1. The molecular weight excluding hydrogens is 250 g/mol. The van der Waals surface area contributed by atoms with Gasteiger partial charge in [0.2, 0.25) is 5.91 Å². The number of amides is 1. The first-order valence-corrected chi connectivity index (χ1v) is 7.37. The van der Waals surface area contributed by atoms with Crippen molar-refractivity contribution in [3.05, 3.63) is 35.9 Å². The summed E-state index contributed by atoms with van der Waals surface area (Å²) in [6.07, 6.45) is 5.19. The van der Waals surface area contributed by atoms with Gasteiger partial charge < -0.3 is 9.69 Å². The molecule has 0 saturated heterocycles. The first-order valence-electron chi connectivity index (χ1n) is 7.37. The van der Waals surface area contributed by atoms with Crippen molar-refractivity contribution in [3.63, 3.8) is 0 Å². The molecule has 20 heavy (non-hydrogen) atoms. The predicted octanol–water partition coefficient (Wildman–Crippen LogP) is 3.57. The van der Waals surface area contributed by atoms with Crippen LogP contribution in [-0.4, -0.2) is 23.6 Å². The zero-order valence-electron chi connectivity index (χ0n) is 12.6. The normalized spacial score (nSPS) is 10.3. The van der Waals surface area contributed by atoms with Crippen LogP contribution >= 0.6 is 0 Å². The molecule has 0 fully saturated rings. The summed E-state index contributed by atoms with van der Waals surface area (Å²) < 4.78 is 0. The van der Waals surface area contributed by atoms with Gasteiger partial charge in [0.05, 0.1) is 0 Å². The van der Waals surface area contributed by atoms with Crippen LogP contribution in [0.2, 0.25) is 0 Å². The van der Waals surface area contributed by atoms with Gasteiger partial charge in [0.15, 0.2) is 0 Å². The number of rotatable bonds is 9. The first-order chi connectivity index (χ1) is 9.59. The monoisotopic (exact) mass is 275 g/mol. The van der Waals surface area contributed by atoms with E-state index < -0.39 is 0 Å². The van der Waals surface area contributed by atoms with E-state index in [2.05, 4.69) is 0 Å². The van der Waals surface area contributed by atoms with Crippen molar-refractivity contribution < 1.29 is 9.59 Å². The fraction of sp³-hybridized carbons (Fsp3) is 0.529. The molecule has 1 aromatic carbocycles. The number of unbranched alkanes of at least 4 members (excludes halogenated alkanes) is 3. The topological polar surface area (TPSA) is 37.4 Å². The molecule has 0 bridgehead atoms. The van der Waals surface area contributed by atoms with E-state index in [0.717, 1.165) is 31.2 Å². The highest BCUT2D eigenvalue weighted by atomic mass is 16.2. The molecule has 1 aromatic rings. The van der Waals surface area contributed by atoms with Crippen LogP contribution in [0.5, 0.6) is 0 Å². The summed E-state index contributed by atoms with van der Waals surface area (Å²) in [6, 6.07) is 10.0. The molecule has 110 valence electrons. The smallest absolute Gasteiger partial charge is 0.222 e. The summed E-state index contributed by atoms with van der Waals surface area (Å²) in [6.45, 7) is 2.30. The quantitative estimate of drug-likeness (QED) is 0.646.